The SMILES string of the molecule is CCN1C(=O)[C@H](NC(=O)c2cccc(C(F)(F)F)c2)[C@H](c2ccc(F)cc2)c2c([C@@H](C)N[S+]([O-])C(C)(C)C)nn(-c3ccccc3)c21. The summed E-state index contributed by atoms with van der Waals surface area (Å²) in [5, 5.41) is 7.65. The van der Waals surface area contributed by atoms with Gasteiger partial charge in [0, 0.05) is 35.0 Å². The van der Waals surface area contributed by atoms with Gasteiger partial charge in [0.05, 0.1) is 23.0 Å². The Hall–Kier alpha value is -4.20. The van der Waals surface area contributed by atoms with E-state index in [1.165, 1.54) is 35.2 Å². The highest BCUT2D eigenvalue weighted by Gasteiger charge is 2.47. The molecule has 0 saturated heterocycles. The number of hydrogen-bond donors (Lipinski definition) is 2. The minimum atomic E-state index is -4.68. The second kappa shape index (κ2) is 13.1. The Kier molecular flexibility index (Phi) is 9.54. The van der Waals surface area contributed by atoms with E-state index in [1.807, 2.05) is 51.1 Å². The quantitative estimate of drug-likeness (QED) is 0.166. The first-order chi connectivity index (χ1) is 22.1. The number of carbonyl (C=O) groups excluding carboxylic acids is 2. The van der Waals surface area contributed by atoms with E-state index >= 15 is 0 Å². The van der Waals surface area contributed by atoms with Gasteiger partial charge in [-0.05, 0) is 82.6 Å². The van der Waals surface area contributed by atoms with Gasteiger partial charge in [-0.25, -0.2) is 9.07 Å². The maximum Gasteiger partial charge on any atom is 0.416 e. The number of fused-ring (bicyclic) bond motifs is 1. The number of carbonyl (C=O) groups is 2. The monoisotopic (exact) mass is 669 g/mol. The number of amides is 2. The van der Waals surface area contributed by atoms with Crippen molar-refractivity contribution < 1.29 is 31.7 Å². The Morgan fingerprint density at radius 3 is 2.28 bits per heavy atom. The van der Waals surface area contributed by atoms with Gasteiger partial charge in [-0.3, -0.25) is 14.5 Å². The van der Waals surface area contributed by atoms with E-state index in [0.717, 1.165) is 18.2 Å². The molecule has 47 heavy (non-hydrogen) atoms. The standard InChI is InChI=1S/C34H35F4N5O3S/c1-6-42-31-27(28(20(2)41-47(46)33(3,4)5)40-43(31)25-13-8-7-9-14-25)26(21-15-17-24(35)18-16-21)29(32(42)45)39-30(44)22-11-10-12-23(19-22)34(36,37)38/h7-20,26,29,41H,6H2,1-5H3,(H,39,44)/t20-,26-,29-,47?/m1/s1. The number of para-hydroxylation sites is 1. The molecule has 2 N–H and O–H groups in total. The lowest BCUT2D eigenvalue weighted by Crippen LogP contribution is -2.55. The second-order valence-corrected chi connectivity index (χ2v) is 14.2. The van der Waals surface area contributed by atoms with Crippen molar-refractivity contribution >= 4 is 29.0 Å². The number of nitrogens with zero attached hydrogens (tertiary/aromatic N) is 3. The highest BCUT2D eigenvalue weighted by molar-refractivity contribution is 7.90. The maximum atomic E-state index is 14.4. The lowest BCUT2D eigenvalue weighted by Gasteiger charge is -2.39. The topological polar surface area (TPSA) is 102 Å². The van der Waals surface area contributed by atoms with E-state index in [2.05, 4.69) is 10.0 Å². The molecule has 5 rings (SSSR count). The van der Waals surface area contributed by atoms with Crippen LogP contribution in [-0.4, -0.2) is 43.5 Å². The van der Waals surface area contributed by atoms with E-state index in [1.54, 1.807) is 18.5 Å². The molecule has 0 aliphatic carbocycles. The molecule has 8 nitrogen and oxygen atoms in total. The number of rotatable bonds is 8. The molecule has 4 atom stereocenters. The van der Waals surface area contributed by atoms with Crippen molar-refractivity contribution in [2.24, 2.45) is 0 Å². The second-order valence-electron chi connectivity index (χ2n) is 12.2. The van der Waals surface area contributed by atoms with Gasteiger partial charge in [0.15, 0.2) is 0 Å². The number of halogens is 4. The third-order valence-electron chi connectivity index (χ3n) is 7.89. The summed E-state index contributed by atoms with van der Waals surface area (Å²) in [6.45, 7) is 9.15. The number of aromatic nitrogens is 2. The molecule has 248 valence electrons. The van der Waals surface area contributed by atoms with Crippen molar-refractivity contribution in [1.82, 2.24) is 19.8 Å². The molecule has 0 fully saturated rings. The van der Waals surface area contributed by atoms with Crippen molar-refractivity contribution in [3.8, 4) is 5.69 Å². The summed E-state index contributed by atoms with van der Waals surface area (Å²) < 4.78 is 72.0. The van der Waals surface area contributed by atoms with Crippen LogP contribution in [0.2, 0.25) is 0 Å². The number of hydrogen-bond acceptors (Lipinski definition) is 5. The molecule has 0 spiro atoms. The first-order valence-electron chi connectivity index (χ1n) is 15.0. The summed E-state index contributed by atoms with van der Waals surface area (Å²) in [5.41, 5.74) is 0.752. The van der Waals surface area contributed by atoms with Crippen LogP contribution in [0.4, 0.5) is 23.4 Å². The van der Waals surface area contributed by atoms with Gasteiger partial charge in [0.2, 0.25) is 0 Å². The Balaban J connectivity index is 1.72. The smallest absolute Gasteiger partial charge is 0.416 e. The van der Waals surface area contributed by atoms with Crippen molar-refractivity contribution in [2.45, 2.75) is 63.5 Å². The molecule has 1 aliphatic rings. The first kappa shape index (κ1) is 34.1. The maximum absolute atomic E-state index is 14.4. The molecule has 1 aliphatic heterocycles. The van der Waals surface area contributed by atoms with Crippen LogP contribution in [0.1, 0.15) is 79.3 Å². The zero-order chi connectivity index (χ0) is 34.3. The van der Waals surface area contributed by atoms with E-state index in [0.29, 0.717) is 28.3 Å². The van der Waals surface area contributed by atoms with E-state index < -0.39 is 63.5 Å². The van der Waals surface area contributed by atoms with Gasteiger partial charge in [-0.2, -0.15) is 18.3 Å². The molecule has 0 bridgehead atoms. The Morgan fingerprint density at radius 2 is 1.68 bits per heavy atom. The van der Waals surface area contributed by atoms with Crippen LogP contribution in [0.25, 0.3) is 5.69 Å². The Bertz CT molecular complexity index is 1760. The van der Waals surface area contributed by atoms with Crippen LogP contribution >= 0.6 is 0 Å². The van der Waals surface area contributed by atoms with Gasteiger partial charge < -0.3 is 9.87 Å². The van der Waals surface area contributed by atoms with Gasteiger partial charge >= 0.3 is 6.18 Å². The molecule has 0 saturated carbocycles. The van der Waals surface area contributed by atoms with Crippen LogP contribution < -0.4 is 14.9 Å². The van der Waals surface area contributed by atoms with Gasteiger partial charge in [-0.1, -0.05) is 36.4 Å². The van der Waals surface area contributed by atoms with Gasteiger partial charge in [-0.15, -0.1) is 4.72 Å². The molecule has 2 heterocycles. The van der Waals surface area contributed by atoms with E-state index in [4.69, 9.17) is 5.10 Å². The number of alkyl halides is 3. The van der Waals surface area contributed by atoms with E-state index in [-0.39, 0.29) is 12.1 Å². The van der Waals surface area contributed by atoms with Gasteiger partial charge in [0.1, 0.15) is 22.4 Å². The molecule has 1 aromatic heterocycles. The number of nitrogens with one attached hydrogen (secondary N) is 2. The molecule has 1 unspecified atom stereocenters. The minimum absolute atomic E-state index is 0.158. The molecule has 0 radical (unpaired) electrons. The summed E-state index contributed by atoms with van der Waals surface area (Å²) in [7, 11) is 0. The van der Waals surface area contributed by atoms with Crippen LogP contribution in [0.5, 0.6) is 0 Å². The molecular weight excluding hydrogens is 634 g/mol. The summed E-state index contributed by atoms with van der Waals surface area (Å²) in [4.78, 5) is 29.4. The van der Waals surface area contributed by atoms with Gasteiger partial charge in [0.25, 0.3) is 11.8 Å². The third-order valence-corrected chi connectivity index (χ3v) is 9.57. The summed E-state index contributed by atoms with van der Waals surface area (Å²) in [5.74, 6) is -2.48. The molecule has 4 aromatic rings. The highest BCUT2D eigenvalue weighted by Crippen LogP contribution is 2.45. The lowest BCUT2D eigenvalue weighted by atomic mass is 9.80. The molecule has 2 amide bonds. The zero-order valence-corrected chi connectivity index (χ0v) is 27.2. The third kappa shape index (κ3) is 6.92. The fraction of sp³-hybridized carbons (Fsp3) is 0.324. The summed E-state index contributed by atoms with van der Waals surface area (Å²) in [6.07, 6.45) is -4.68. The minimum Gasteiger partial charge on any atom is -0.598 e. The normalized spacial score (nSPS) is 18.1. The van der Waals surface area contributed by atoms with Crippen molar-refractivity contribution in [2.75, 3.05) is 11.4 Å². The molecule has 13 heteroatoms. The molecular formula is C34H35F4N5O3S. The summed E-state index contributed by atoms with van der Waals surface area (Å²) in [6, 6.07) is 16.5. The van der Waals surface area contributed by atoms with Crippen LogP contribution in [0.15, 0.2) is 78.9 Å². The Labute approximate surface area is 273 Å². The number of likely N-dealkylation sites (N-methyl/N-ethyl adjacent to an activating group) is 1. The van der Waals surface area contributed by atoms with Crippen LogP contribution in [-0.2, 0) is 22.3 Å². The number of benzene rings is 3. The van der Waals surface area contributed by atoms with Crippen molar-refractivity contribution in [3.63, 3.8) is 0 Å². The average molecular weight is 670 g/mol. The Morgan fingerprint density at radius 1 is 1.02 bits per heavy atom. The predicted octanol–water partition coefficient (Wildman–Crippen LogP) is 6.44. The number of anilines is 1. The summed E-state index contributed by atoms with van der Waals surface area (Å²) >= 11 is -1.52. The fourth-order valence-electron chi connectivity index (χ4n) is 5.58. The molecule has 3 aromatic carbocycles. The largest absolute Gasteiger partial charge is 0.598 e. The fourth-order valence-corrected chi connectivity index (χ4v) is 6.37. The zero-order valence-electron chi connectivity index (χ0n) is 26.4. The lowest BCUT2D eigenvalue weighted by molar-refractivity contribution is -0.137. The van der Waals surface area contributed by atoms with Crippen molar-refractivity contribution in [1.29, 1.82) is 0 Å². The highest BCUT2D eigenvalue weighted by atomic mass is 32.2. The van der Waals surface area contributed by atoms with Crippen molar-refractivity contribution in [3.05, 3.63) is 113 Å². The van der Waals surface area contributed by atoms with Crippen LogP contribution in [0, 0.1) is 5.82 Å². The average Bonchev–Trinajstić information content (AvgIpc) is 3.42. The van der Waals surface area contributed by atoms with E-state index in [9.17, 15) is 31.7 Å². The predicted molar refractivity (Wildman–Crippen MR) is 172 cm³/mol. The first-order valence-corrected chi connectivity index (χ1v) is 16.2. The van der Waals surface area contributed by atoms with Crippen LogP contribution in [0.3, 0.4) is 0 Å².